The van der Waals surface area contributed by atoms with Crippen LogP contribution in [0, 0.1) is 0 Å². The lowest BCUT2D eigenvalue weighted by Gasteiger charge is -2.08. The lowest BCUT2D eigenvalue weighted by atomic mass is 10.1. The Morgan fingerprint density at radius 3 is 2.40 bits per heavy atom. The van der Waals surface area contributed by atoms with Crippen molar-refractivity contribution >= 4 is 0 Å². The van der Waals surface area contributed by atoms with Gasteiger partial charge in [0.05, 0.1) is 0 Å². The Hall–Kier alpha value is -0.600. The van der Waals surface area contributed by atoms with Gasteiger partial charge in [-0.3, -0.25) is 0 Å². The van der Waals surface area contributed by atoms with Gasteiger partial charge in [0.25, 0.3) is 0 Å². The summed E-state index contributed by atoms with van der Waals surface area (Å²) in [6.45, 7) is 4.43. The number of allylic oxidation sites excluding steroid dienone is 2. The first-order chi connectivity index (χ1) is 4.76. The second kappa shape index (κ2) is 5.21. The average molecular weight is 140 g/mol. The fraction of sp³-hybridized carbons (Fsp3) is 0.500. The van der Waals surface area contributed by atoms with Gasteiger partial charge in [-0.15, -0.1) is 0 Å². The van der Waals surface area contributed by atoms with E-state index < -0.39 is 0 Å². The first kappa shape index (κ1) is 9.40. The quantitative estimate of drug-likeness (QED) is 0.569. The SMILES string of the molecule is C/C=C\C(=C/C)C(N)CN. The van der Waals surface area contributed by atoms with Gasteiger partial charge in [0.1, 0.15) is 0 Å². The molecule has 0 amide bonds. The summed E-state index contributed by atoms with van der Waals surface area (Å²) in [5.74, 6) is 0. The van der Waals surface area contributed by atoms with Crippen LogP contribution < -0.4 is 11.5 Å². The molecular formula is C8H16N2. The standard InChI is InChI=1S/C8H16N2/c1-3-5-7(4-2)8(10)6-9/h3-5,8H,6,9-10H2,1-2H3/b5-3-,7-4+. The lowest BCUT2D eigenvalue weighted by Crippen LogP contribution is -2.30. The van der Waals surface area contributed by atoms with Crippen LogP contribution in [0.15, 0.2) is 23.8 Å². The highest BCUT2D eigenvalue weighted by atomic mass is 14.7. The third kappa shape index (κ3) is 2.80. The Morgan fingerprint density at radius 2 is 2.10 bits per heavy atom. The van der Waals surface area contributed by atoms with Crippen LogP contribution in [0.25, 0.3) is 0 Å². The van der Waals surface area contributed by atoms with Crippen LogP contribution in [0.1, 0.15) is 13.8 Å². The maximum Gasteiger partial charge on any atom is 0.0416 e. The molecule has 2 nitrogen and oxygen atoms in total. The van der Waals surface area contributed by atoms with Gasteiger partial charge in [-0.1, -0.05) is 18.2 Å². The zero-order valence-corrected chi connectivity index (χ0v) is 6.67. The van der Waals surface area contributed by atoms with E-state index >= 15 is 0 Å². The van der Waals surface area contributed by atoms with Gasteiger partial charge < -0.3 is 11.5 Å². The zero-order valence-electron chi connectivity index (χ0n) is 6.67. The molecule has 4 N–H and O–H groups in total. The molecular weight excluding hydrogens is 124 g/mol. The Labute approximate surface area is 62.6 Å². The highest BCUT2D eigenvalue weighted by molar-refractivity contribution is 5.23. The van der Waals surface area contributed by atoms with Gasteiger partial charge in [0, 0.05) is 12.6 Å². The van der Waals surface area contributed by atoms with Crippen LogP contribution in [-0.2, 0) is 0 Å². The third-order valence-corrected chi connectivity index (χ3v) is 1.37. The molecule has 0 rings (SSSR count). The molecule has 0 aromatic carbocycles. The van der Waals surface area contributed by atoms with E-state index in [1.807, 2.05) is 32.1 Å². The zero-order chi connectivity index (χ0) is 7.98. The molecule has 0 bridgehead atoms. The highest BCUT2D eigenvalue weighted by Crippen LogP contribution is 1.99. The lowest BCUT2D eigenvalue weighted by molar-refractivity contribution is 0.792. The number of rotatable bonds is 3. The van der Waals surface area contributed by atoms with E-state index in [-0.39, 0.29) is 6.04 Å². The van der Waals surface area contributed by atoms with Crippen molar-refractivity contribution in [3.05, 3.63) is 23.8 Å². The fourth-order valence-corrected chi connectivity index (χ4v) is 0.762. The molecule has 10 heavy (non-hydrogen) atoms. The topological polar surface area (TPSA) is 52.0 Å². The minimum atomic E-state index is -0.0128. The van der Waals surface area contributed by atoms with Gasteiger partial charge in [-0.25, -0.2) is 0 Å². The first-order valence-electron chi connectivity index (χ1n) is 3.50. The number of hydrogen-bond donors (Lipinski definition) is 2. The maximum absolute atomic E-state index is 5.67. The summed E-state index contributed by atoms with van der Waals surface area (Å²) in [5.41, 5.74) is 12.2. The molecule has 58 valence electrons. The summed E-state index contributed by atoms with van der Waals surface area (Å²) in [5, 5.41) is 0. The van der Waals surface area contributed by atoms with Crippen LogP contribution in [0.2, 0.25) is 0 Å². The van der Waals surface area contributed by atoms with E-state index in [4.69, 9.17) is 11.5 Å². The summed E-state index contributed by atoms with van der Waals surface area (Å²) in [6, 6.07) is -0.0128. The van der Waals surface area contributed by atoms with Gasteiger partial charge in [0.15, 0.2) is 0 Å². The highest BCUT2D eigenvalue weighted by Gasteiger charge is 2.00. The largest absolute Gasteiger partial charge is 0.329 e. The Kier molecular flexibility index (Phi) is 4.89. The van der Waals surface area contributed by atoms with E-state index in [9.17, 15) is 0 Å². The number of nitrogens with two attached hydrogens (primary N) is 2. The summed E-state index contributed by atoms with van der Waals surface area (Å²) in [4.78, 5) is 0. The van der Waals surface area contributed by atoms with E-state index in [1.54, 1.807) is 0 Å². The molecule has 0 spiro atoms. The molecule has 1 unspecified atom stereocenters. The average Bonchev–Trinajstić information content (AvgIpc) is 1.99. The predicted octanol–water partition coefficient (Wildman–Crippen LogP) is 0.795. The fourth-order valence-electron chi connectivity index (χ4n) is 0.762. The van der Waals surface area contributed by atoms with Crippen molar-refractivity contribution in [1.29, 1.82) is 0 Å². The molecule has 1 atom stereocenters. The molecule has 0 aromatic rings. The molecule has 0 radical (unpaired) electrons. The molecule has 0 aliphatic carbocycles. The monoisotopic (exact) mass is 140 g/mol. The van der Waals surface area contributed by atoms with Crippen LogP contribution in [-0.4, -0.2) is 12.6 Å². The van der Waals surface area contributed by atoms with Crippen LogP contribution in [0.5, 0.6) is 0 Å². The van der Waals surface area contributed by atoms with Crippen molar-refractivity contribution in [3.8, 4) is 0 Å². The van der Waals surface area contributed by atoms with Crippen LogP contribution in [0.3, 0.4) is 0 Å². The molecule has 0 aliphatic heterocycles. The maximum atomic E-state index is 5.67. The van der Waals surface area contributed by atoms with Crippen LogP contribution in [0.4, 0.5) is 0 Å². The molecule has 0 saturated carbocycles. The van der Waals surface area contributed by atoms with E-state index in [0.29, 0.717) is 6.54 Å². The van der Waals surface area contributed by atoms with Gasteiger partial charge >= 0.3 is 0 Å². The Bertz CT molecular complexity index is 136. The van der Waals surface area contributed by atoms with Crippen molar-refractivity contribution in [2.75, 3.05) is 6.54 Å². The molecule has 0 aliphatic rings. The Balaban J connectivity index is 4.08. The van der Waals surface area contributed by atoms with Crippen molar-refractivity contribution in [3.63, 3.8) is 0 Å². The predicted molar refractivity (Wildman–Crippen MR) is 45.6 cm³/mol. The minimum absolute atomic E-state index is 0.0128. The summed E-state index contributed by atoms with van der Waals surface area (Å²) >= 11 is 0. The van der Waals surface area contributed by atoms with Crippen molar-refractivity contribution in [2.24, 2.45) is 11.5 Å². The van der Waals surface area contributed by atoms with Gasteiger partial charge in [-0.2, -0.15) is 0 Å². The first-order valence-corrected chi connectivity index (χ1v) is 3.50. The van der Waals surface area contributed by atoms with Crippen LogP contribution >= 0.6 is 0 Å². The molecule has 0 aromatic heterocycles. The molecule has 0 fully saturated rings. The van der Waals surface area contributed by atoms with Gasteiger partial charge in [0.2, 0.25) is 0 Å². The van der Waals surface area contributed by atoms with Crippen molar-refractivity contribution in [2.45, 2.75) is 19.9 Å². The van der Waals surface area contributed by atoms with Crippen molar-refractivity contribution in [1.82, 2.24) is 0 Å². The number of hydrogen-bond acceptors (Lipinski definition) is 2. The summed E-state index contributed by atoms with van der Waals surface area (Å²) < 4.78 is 0. The molecule has 2 heteroatoms. The van der Waals surface area contributed by atoms with E-state index in [2.05, 4.69) is 0 Å². The smallest absolute Gasteiger partial charge is 0.0416 e. The van der Waals surface area contributed by atoms with Gasteiger partial charge in [-0.05, 0) is 19.4 Å². The molecule has 0 heterocycles. The molecule has 0 saturated heterocycles. The minimum Gasteiger partial charge on any atom is -0.329 e. The normalized spacial score (nSPS) is 16.2. The third-order valence-electron chi connectivity index (χ3n) is 1.37. The Morgan fingerprint density at radius 1 is 1.50 bits per heavy atom. The summed E-state index contributed by atoms with van der Waals surface area (Å²) in [7, 11) is 0. The van der Waals surface area contributed by atoms with Crippen molar-refractivity contribution < 1.29 is 0 Å². The van der Waals surface area contributed by atoms with E-state index in [1.165, 1.54) is 0 Å². The van der Waals surface area contributed by atoms with E-state index in [0.717, 1.165) is 5.57 Å². The second-order valence-electron chi connectivity index (χ2n) is 2.13. The second-order valence-corrected chi connectivity index (χ2v) is 2.13. The summed E-state index contributed by atoms with van der Waals surface area (Å²) in [6.07, 6.45) is 5.93.